The Bertz CT molecular complexity index is 425. The Morgan fingerprint density at radius 3 is 2.26 bits per heavy atom. The highest BCUT2D eigenvalue weighted by atomic mass is 32.2. The van der Waals surface area contributed by atoms with Gasteiger partial charge in [0.2, 0.25) is 5.91 Å². The van der Waals surface area contributed by atoms with Crippen LogP contribution in [0.1, 0.15) is 39.0 Å². The van der Waals surface area contributed by atoms with Crippen molar-refractivity contribution in [2.24, 2.45) is 0 Å². The molecule has 0 spiro atoms. The molecule has 1 rings (SSSR count). The molecule has 1 aliphatic heterocycles. The molecule has 1 unspecified atom stereocenters. The van der Waals surface area contributed by atoms with Gasteiger partial charge in [-0.3, -0.25) is 9.59 Å². The highest BCUT2D eigenvalue weighted by Crippen LogP contribution is 2.14. The Morgan fingerprint density at radius 1 is 1.21 bits per heavy atom. The highest BCUT2D eigenvalue weighted by Gasteiger charge is 2.34. The minimum absolute atomic E-state index is 0.0466. The lowest BCUT2D eigenvalue weighted by Crippen LogP contribution is -2.42. The van der Waals surface area contributed by atoms with Gasteiger partial charge >= 0.3 is 5.97 Å². The predicted octanol–water partition coefficient (Wildman–Crippen LogP) is 0.667. The molecular formula is C12H21NO5S. The molecule has 1 amide bonds. The number of sulfone groups is 1. The first-order valence-electron chi connectivity index (χ1n) is 6.60. The molecule has 0 aromatic carbocycles. The van der Waals surface area contributed by atoms with E-state index in [2.05, 4.69) is 0 Å². The molecule has 1 heterocycles. The molecule has 1 N–H and O–H groups in total. The van der Waals surface area contributed by atoms with Crippen LogP contribution in [0.3, 0.4) is 0 Å². The molecule has 1 saturated heterocycles. The number of hydrogen-bond acceptors (Lipinski definition) is 4. The van der Waals surface area contributed by atoms with Crippen molar-refractivity contribution in [1.29, 1.82) is 0 Å². The van der Waals surface area contributed by atoms with Crippen molar-refractivity contribution in [2.75, 3.05) is 18.8 Å². The van der Waals surface area contributed by atoms with Crippen LogP contribution < -0.4 is 0 Å². The number of piperidine rings is 1. The second-order valence-corrected chi connectivity index (χ2v) is 7.05. The molecule has 0 saturated carbocycles. The molecule has 0 bridgehead atoms. The van der Waals surface area contributed by atoms with E-state index in [1.165, 1.54) is 4.90 Å². The van der Waals surface area contributed by atoms with E-state index in [0.29, 0.717) is 19.5 Å². The Kier molecular flexibility index (Phi) is 5.78. The van der Waals surface area contributed by atoms with Crippen LogP contribution in [0.2, 0.25) is 0 Å². The normalized spacial score (nSPS) is 18.1. The van der Waals surface area contributed by atoms with Gasteiger partial charge in [0.25, 0.3) is 0 Å². The van der Waals surface area contributed by atoms with Crippen molar-refractivity contribution in [2.45, 2.75) is 44.3 Å². The number of carbonyl (C=O) groups is 2. The summed E-state index contributed by atoms with van der Waals surface area (Å²) < 4.78 is 24.0. The van der Waals surface area contributed by atoms with Crippen molar-refractivity contribution in [3.8, 4) is 0 Å². The Hall–Kier alpha value is -1.11. The first-order valence-corrected chi connectivity index (χ1v) is 8.32. The average Bonchev–Trinajstić information content (AvgIpc) is 2.35. The topological polar surface area (TPSA) is 91.7 Å². The van der Waals surface area contributed by atoms with Gasteiger partial charge < -0.3 is 10.0 Å². The Labute approximate surface area is 113 Å². The molecule has 1 fully saturated rings. The monoisotopic (exact) mass is 291 g/mol. The van der Waals surface area contributed by atoms with Crippen LogP contribution in [-0.4, -0.2) is 54.4 Å². The molecule has 0 aromatic heterocycles. The van der Waals surface area contributed by atoms with Crippen LogP contribution in [0.25, 0.3) is 0 Å². The van der Waals surface area contributed by atoms with Crippen molar-refractivity contribution >= 4 is 21.7 Å². The molecule has 6 nitrogen and oxygen atoms in total. The van der Waals surface area contributed by atoms with Gasteiger partial charge in [-0.1, -0.05) is 13.3 Å². The summed E-state index contributed by atoms with van der Waals surface area (Å²) in [6.45, 7) is 2.86. The third-order valence-corrected chi connectivity index (χ3v) is 5.25. The Balaban J connectivity index is 2.71. The van der Waals surface area contributed by atoms with Gasteiger partial charge in [-0.2, -0.15) is 0 Å². The van der Waals surface area contributed by atoms with Crippen molar-refractivity contribution < 1.29 is 23.1 Å². The van der Waals surface area contributed by atoms with E-state index in [0.717, 1.165) is 19.3 Å². The highest BCUT2D eigenvalue weighted by molar-refractivity contribution is 7.93. The fraction of sp³-hybridized carbons (Fsp3) is 0.833. The lowest BCUT2D eigenvalue weighted by Gasteiger charge is -2.27. The molecule has 0 aliphatic carbocycles. The zero-order valence-electron chi connectivity index (χ0n) is 11.2. The van der Waals surface area contributed by atoms with Gasteiger partial charge in [0.05, 0.1) is 0 Å². The van der Waals surface area contributed by atoms with E-state index in [9.17, 15) is 18.0 Å². The lowest BCUT2D eigenvalue weighted by atomic mass is 10.1. The number of likely N-dealkylation sites (tertiary alicyclic amines) is 1. The number of carboxylic acid groups (broad SMARTS) is 1. The number of carbonyl (C=O) groups excluding carboxylic acids is 1. The van der Waals surface area contributed by atoms with Crippen molar-refractivity contribution in [3.05, 3.63) is 0 Å². The van der Waals surface area contributed by atoms with E-state index in [1.54, 1.807) is 6.92 Å². The second kappa shape index (κ2) is 6.88. The van der Waals surface area contributed by atoms with E-state index in [4.69, 9.17) is 5.11 Å². The van der Waals surface area contributed by atoms with Gasteiger partial charge in [-0.25, -0.2) is 8.42 Å². The summed E-state index contributed by atoms with van der Waals surface area (Å²) >= 11 is 0. The number of rotatable bonds is 6. The van der Waals surface area contributed by atoms with Crippen LogP contribution in [0.5, 0.6) is 0 Å². The predicted molar refractivity (Wildman–Crippen MR) is 70.5 cm³/mol. The lowest BCUT2D eigenvalue weighted by molar-refractivity contribution is -0.136. The van der Waals surface area contributed by atoms with Gasteiger partial charge in [0.15, 0.2) is 15.1 Å². The number of amides is 1. The maximum atomic E-state index is 12.0. The minimum Gasteiger partial charge on any atom is -0.480 e. The van der Waals surface area contributed by atoms with Gasteiger partial charge in [0.1, 0.15) is 5.75 Å². The molecule has 0 aromatic rings. The maximum absolute atomic E-state index is 12.0. The van der Waals surface area contributed by atoms with Crippen LogP contribution >= 0.6 is 0 Å². The van der Waals surface area contributed by atoms with Gasteiger partial charge in [-0.05, 0) is 25.7 Å². The first-order chi connectivity index (χ1) is 8.88. The second-order valence-electron chi connectivity index (χ2n) is 4.86. The molecule has 110 valence electrons. The largest absolute Gasteiger partial charge is 0.480 e. The summed E-state index contributed by atoms with van der Waals surface area (Å²) in [5.41, 5.74) is 0. The van der Waals surface area contributed by atoms with E-state index in [-0.39, 0.29) is 6.42 Å². The third kappa shape index (κ3) is 4.49. The summed E-state index contributed by atoms with van der Waals surface area (Å²) in [5.74, 6) is -2.53. The fourth-order valence-electron chi connectivity index (χ4n) is 2.23. The molecule has 7 heteroatoms. The van der Waals surface area contributed by atoms with Gasteiger partial charge in [-0.15, -0.1) is 0 Å². The summed E-state index contributed by atoms with van der Waals surface area (Å²) in [4.78, 5) is 24.4. The van der Waals surface area contributed by atoms with Crippen LogP contribution in [0.4, 0.5) is 0 Å². The molecule has 0 radical (unpaired) electrons. The standard InChI is InChI=1S/C12H21NO5S/c1-2-6-10(12(15)16)19(17,18)9-11(14)13-7-4-3-5-8-13/h10H,2-9H2,1H3,(H,15,16). The van der Waals surface area contributed by atoms with E-state index in [1.807, 2.05) is 0 Å². The number of aliphatic carboxylic acids is 1. The number of carboxylic acids is 1. The maximum Gasteiger partial charge on any atom is 0.321 e. The first kappa shape index (κ1) is 15.9. The summed E-state index contributed by atoms with van der Waals surface area (Å²) in [6, 6.07) is 0. The summed E-state index contributed by atoms with van der Waals surface area (Å²) in [5, 5.41) is 7.49. The van der Waals surface area contributed by atoms with Crippen molar-refractivity contribution in [1.82, 2.24) is 4.90 Å². The smallest absolute Gasteiger partial charge is 0.321 e. The third-order valence-electron chi connectivity index (χ3n) is 3.29. The molecule has 1 atom stereocenters. The van der Waals surface area contributed by atoms with Crippen LogP contribution in [0.15, 0.2) is 0 Å². The molecule has 19 heavy (non-hydrogen) atoms. The van der Waals surface area contributed by atoms with Crippen molar-refractivity contribution in [3.63, 3.8) is 0 Å². The average molecular weight is 291 g/mol. The van der Waals surface area contributed by atoms with Crippen LogP contribution in [-0.2, 0) is 19.4 Å². The quantitative estimate of drug-likeness (QED) is 0.776. The number of nitrogens with zero attached hydrogens (tertiary/aromatic N) is 1. The van der Waals surface area contributed by atoms with Gasteiger partial charge in [0, 0.05) is 13.1 Å². The SMILES string of the molecule is CCCC(C(=O)O)S(=O)(=O)CC(=O)N1CCCCC1. The Morgan fingerprint density at radius 2 is 1.79 bits per heavy atom. The minimum atomic E-state index is -3.92. The van der Waals surface area contributed by atoms with Crippen LogP contribution in [0, 0.1) is 0 Å². The summed E-state index contributed by atoms with van der Waals surface area (Å²) in [6.07, 6.45) is 3.30. The number of hydrogen-bond donors (Lipinski definition) is 1. The summed E-state index contributed by atoms with van der Waals surface area (Å²) in [7, 11) is -3.92. The zero-order valence-corrected chi connectivity index (χ0v) is 12.0. The van der Waals surface area contributed by atoms with E-state index >= 15 is 0 Å². The fourth-order valence-corrected chi connectivity index (χ4v) is 3.86. The van der Waals surface area contributed by atoms with E-state index < -0.39 is 32.7 Å². The molecule has 1 aliphatic rings. The zero-order chi connectivity index (χ0) is 14.5. The molecular weight excluding hydrogens is 270 g/mol.